The van der Waals surface area contributed by atoms with Gasteiger partial charge in [0.2, 0.25) is 0 Å². The average molecular weight is 377 g/mol. The summed E-state index contributed by atoms with van der Waals surface area (Å²) in [5.41, 5.74) is 0. The molecule has 0 amide bonds. The molecule has 0 N–H and O–H groups in total. The van der Waals surface area contributed by atoms with E-state index in [1.165, 1.54) is 109 Å². The normalized spacial score (nSPS) is 13.2. The molecule has 160 valence electrons. The van der Waals surface area contributed by atoms with Gasteiger partial charge in [-0.05, 0) is 24.7 Å². The monoisotopic (exact) mass is 376 g/mol. The van der Waals surface area contributed by atoms with Gasteiger partial charge in [-0.2, -0.15) is 0 Å². The van der Waals surface area contributed by atoms with Crippen molar-refractivity contribution in [3.63, 3.8) is 0 Å². The first-order chi connectivity index (χ1) is 13.2. The van der Waals surface area contributed by atoms with Crippen LogP contribution in [0, 0.1) is 23.7 Å². The van der Waals surface area contributed by atoms with Crippen LogP contribution in [0.2, 0.25) is 0 Å². The Labute approximate surface area is 173 Å². The van der Waals surface area contributed by atoms with Crippen LogP contribution in [-0.2, 0) is 0 Å². The number of rotatable bonds is 19. The van der Waals surface area contributed by atoms with Crippen molar-refractivity contribution >= 4 is 0 Å². The summed E-state index contributed by atoms with van der Waals surface area (Å²) >= 11 is 0. The lowest BCUT2D eigenvalue weighted by Crippen LogP contribution is -1.99. The summed E-state index contributed by atoms with van der Waals surface area (Å²) in [5.74, 6) is 8.60. The predicted octanol–water partition coefficient (Wildman–Crippen LogP) is 9.71. The molecule has 2 atom stereocenters. The van der Waals surface area contributed by atoms with Crippen LogP contribution in [0.25, 0.3) is 0 Å². The first-order valence-corrected chi connectivity index (χ1v) is 12.7. The minimum absolute atomic E-state index is 0.856. The fourth-order valence-corrected chi connectivity index (χ4v) is 3.87. The van der Waals surface area contributed by atoms with E-state index in [4.69, 9.17) is 0 Å². The zero-order chi connectivity index (χ0) is 20.0. The maximum atomic E-state index is 3.42. The zero-order valence-electron chi connectivity index (χ0n) is 19.6. The van der Waals surface area contributed by atoms with Crippen LogP contribution < -0.4 is 0 Å². The number of hydrogen-bond acceptors (Lipinski definition) is 0. The molecular formula is C27H52. The predicted molar refractivity (Wildman–Crippen MR) is 125 cm³/mol. The molecule has 0 aliphatic heterocycles. The molecule has 0 heteroatoms. The highest BCUT2D eigenvalue weighted by molar-refractivity contribution is 4.98. The van der Waals surface area contributed by atoms with Crippen molar-refractivity contribution < 1.29 is 0 Å². The fourth-order valence-electron chi connectivity index (χ4n) is 3.87. The van der Waals surface area contributed by atoms with Crippen molar-refractivity contribution in [2.75, 3.05) is 0 Å². The van der Waals surface area contributed by atoms with Crippen LogP contribution >= 0.6 is 0 Å². The summed E-state index contributed by atoms with van der Waals surface area (Å²) in [5, 5.41) is 0. The van der Waals surface area contributed by atoms with Gasteiger partial charge in [-0.15, -0.1) is 11.8 Å². The van der Waals surface area contributed by atoms with E-state index < -0.39 is 0 Å². The maximum Gasteiger partial charge on any atom is 0.00912 e. The molecule has 0 aromatic rings. The standard InChI is InChI=1S/C27H52/c1-5-7-9-11-13-14-15-16-18-20-23-27(4)25-21-24-26(3)22-19-17-12-10-8-6-2/h26-27H,5-15,17,19-25H2,1-4H3. The van der Waals surface area contributed by atoms with E-state index in [1.807, 2.05) is 0 Å². The SMILES string of the molecule is CCCCCCCCC#CCCC(C)CCCC(C)CCCCCCCC. The Morgan fingerprint density at radius 1 is 0.444 bits per heavy atom. The molecule has 0 aromatic heterocycles. The molecule has 0 spiro atoms. The van der Waals surface area contributed by atoms with Gasteiger partial charge in [-0.3, -0.25) is 0 Å². The van der Waals surface area contributed by atoms with Gasteiger partial charge in [0.05, 0.1) is 0 Å². The van der Waals surface area contributed by atoms with Crippen LogP contribution in [-0.4, -0.2) is 0 Å². The second-order valence-electron chi connectivity index (χ2n) is 9.11. The minimum Gasteiger partial charge on any atom is -0.103 e. The van der Waals surface area contributed by atoms with Crippen LogP contribution in [0.4, 0.5) is 0 Å². The summed E-state index contributed by atoms with van der Waals surface area (Å²) in [6.45, 7) is 9.47. The smallest absolute Gasteiger partial charge is 0.00912 e. The van der Waals surface area contributed by atoms with Crippen LogP contribution in [0.3, 0.4) is 0 Å². The second-order valence-corrected chi connectivity index (χ2v) is 9.11. The van der Waals surface area contributed by atoms with E-state index >= 15 is 0 Å². The number of hydrogen-bond donors (Lipinski definition) is 0. The van der Waals surface area contributed by atoms with Gasteiger partial charge in [-0.1, -0.05) is 124 Å². The summed E-state index contributed by atoms with van der Waals surface area (Å²) in [6.07, 6.45) is 26.1. The maximum absolute atomic E-state index is 3.42. The van der Waals surface area contributed by atoms with Gasteiger partial charge in [0.1, 0.15) is 0 Å². The van der Waals surface area contributed by atoms with E-state index in [9.17, 15) is 0 Å². The first-order valence-electron chi connectivity index (χ1n) is 12.7. The Bertz CT molecular complexity index is 332. The highest BCUT2D eigenvalue weighted by atomic mass is 14.1. The Hall–Kier alpha value is -0.440. The Kier molecular flexibility index (Phi) is 21.5. The van der Waals surface area contributed by atoms with Crippen molar-refractivity contribution in [2.24, 2.45) is 11.8 Å². The molecule has 0 heterocycles. The van der Waals surface area contributed by atoms with Crippen LogP contribution in [0.15, 0.2) is 0 Å². The average Bonchev–Trinajstić information content (AvgIpc) is 2.66. The molecule has 0 saturated heterocycles. The second kappa shape index (κ2) is 21.9. The summed E-state index contributed by atoms with van der Waals surface area (Å²) in [6, 6.07) is 0. The molecule has 2 unspecified atom stereocenters. The Balaban J connectivity index is 3.40. The Morgan fingerprint density at radius 3 is 1.52 bits per heavy atom. The van der Waals surface area contributed by atoms with E-state index in [-0.39, 0.29) is 0 Å². The van der Waals surface area contributed by atoms with Gasteiger partial charge < -0.3 is 0 Å². The van der Waals surface area contributed by atoms with Crippen molar-refractivity contribution in [1.29, 1.82) is 0 Å². The molecule has 0 rings (SSSR count). The first kappa shape index (κ1) is 26.6. The number of unbranched alkanes of at least 4 members (excludes halogenated alkanes) is 11. The fraction of sp³-hybridized carbons (Fsp3) is 0.926. The molecule has 0 aromatic carbocycles. The van der Waals surface area contributed by atoms with Crippen molar-refractivity contribution in [3.05, 3.63) is 0 Å². The van der Waals surface area contributed by atoms with Gasteiger partial charge in [-0.25, -0.2) is 0 Å². The van der Waals surface area contributed by atoms with Crippen molar-refractivity contribution in [2.45, 2.75) is 150 Å². The third kappa shape index (κ3) is 21.7. The molecule has 0 bridgehead atoms. The highest BCUT2D eigenvalue weighted by Gasteiger charge is 2.05. The lowest BCUT2D eigenvalue weighted by Gasteiger charge is -2.13. The molecule has 0 aliphatic rings. The van der Waals surface area contributed by atoms with Crippen molar-refractivity contribution in [3.8, 4) is 11.8 Å². The van der Waals surface area contributed by atoms with Crippen LogP contribution in [0.1, 0.15) is 150 Å². The summed E-state index contributed by atoms with van der Waals surface area (Å²) in [7, 11) is 0. The van der Waals surface area contributed by atoms with Gasteiger partial charge in [0, 0.05) is 12.8 Å². The minimum atomic E-state index is 0.856. The largest absolute Gasteiger partial charge is 0.103 e. The molecular weight excluding hydrogens is 324 g/mol. The van der Waals surface area contributed by atoms with Crippen molar-refractivity contribution in [1.82, 2.24) is 0 Å². The highest BCUT2D eigenvalue weighted by Crippen LogP contribution is 2.20. The lowest BCUT2D eigenvalue weighted by molar-refractivity contribution is 0.401. The molecule has 0 nitrogen and oxygen atoms in total. The lowest BCUT2D eigenvalue weighted by atomic mass is 9.93. The molecule has 0 radical (unpaired) electrons. The van der Waals surface area contributed by atoms with Gasteiger partial charge in [0.25, 0.3) is 0 Å². The molecule has 27 heavy (non-hydrogen) atoms. The van der Waals surface area contributed by atoms with Crippen LogP contribution in [0.5, 0.6) is 0 Å². The molecule has 0 saturated carbocycles. The third-order valence-electron chi connectivity index (χ3n) is 5.99. The quantitative estimate of drug-likeness (QED) is 0.155. The Morgan fingerprint density at radius 2 is 0.889 bits per heavy atom. The molecule has 0 aliphatic carbocycles. The van der Waals surface area contributed by atoms with Gasteiger partial charge in [0.15, 0.2) is 0 Å². The van der Waals surface area contributed by atoms with Gasteiger partial charge >= 0.3 is 0 Å². The van der Waals surface area contributed by atoms with E-state index in [1.54, 1.807) is 0 Å². The molecule has 0 fully saturated rings. The van der Waals surface area contributed by atoms with E-state index in [0.717, 1.165) is 24.7 Å². The van der Waals surface area contributed by atoms with E-state index in [0.29, 0.717) is 0 Å². The van der Waals surface area contributed by atoms with E-state index in [2.05, 4.69) is 39.5 Å². The zero-order valence-corrected chi connectivity index (χ0v) is 19.6. The third-order valence-corrected chi connectivity index (χ3v) is 5.99. The summed E-state index contributed by atoms with van der Waals surface area (Å²) in [4.78, 5) is 0. The summed E-state index contributed by atoms with van der Waals surface area (Å²) < 4.78 is 0. The topological polar surface area (TPSA) is 0 Å².